The van der Waals surface area contributed by atoms with Crippen molar-refractivity contribution in [1.29, 1.82) is 5.26 Å². The second-order valence-electron chi connectivity index (χ2n) is 4.60. The van der Waals surface area contributed by atoms with Crippen molar-refractivity contribution >= 4 is 33.1 Å². The zero-order valence-corrected chi connectivity index (χ0v) is 12.2. The van der Waals surface area contributed by atoms with E-state index < -0.39 is 28.6 Å². The second kappa shape index (κ2) is 5.55. The number of hydrogen-bond donors (Lipinski definition) is 3. The molecule has 0 saturated carbocycles. The fraction of sp³-hybridized carbons (Fsp3) is 0. The zero-order chi connectivity index (χ0) is 16.6. The summed E-state index contributed by atoms with van der Waals surface area (Å²) in [5, 5.41) is 22.9. The molecule has 8 heteroatoms. The monoisotopic (exact) mass is 329 g/mol. The van der Waals surface area contributed by atoms with E-state index in [1.807, 2.05) is 0 Å². The van der Waals surface area contributed by atoms with Gasteiger partial charge in [-0.15, -0.1) is 11.3 Å². The molecule has 0 fully saturated rings. The fourth-order valence-corrected chi connectivity index (χ4v) is 2.89. The largest absolute Gasteiger partial charge is 0.505 e. The first-order valence-electron chi connectivity index (χ1n) is 6.34. The van der Waals surface area contributed by atoms with Gasteiger partial charge in [0.15, 0.2) is 5.75 Å². The van der Waals surface area contributed by atoms with Crippen LogP contribution in [0.2, 0.25) is 0 Å². The molecule has 0 saturated heterocycles. The van der Waals surface area contributed by atoms with Gasteiger partial charge in [-0.25, -0.2) is 4.39 Å². The highest BCUT2D eigenvalue weighted by molar-refractivity contribution is 7.17. The van der Waals surface area contributed by atoms with Crippen LogP contribution in [-0.4, -0.2) is 16.0 Å². The van der Waals surface area contributed by atoms with Crippen molar-refractivity contribution in [2.24, 2.45) is 0 Å². The summed E-state index contributed by atoms with van der Waals surface area (Å²) in [6, 6.07) is 6.69. The predicted molar refractivity (Wildman–Crippen MR) is 83.2 cm³/mol. The first kappa shape index (κ1) is 14.7. The van der Waals surface area contributed by atoms with Crippen LogP contribution < -0.4 is 10.9 Å². The number of nitriles is 1. The average molecular weight is 329 g/mol. The lowest BCUT2D eigenvalue weighted by atomic mass is 10.2. The van der Waals surface area contributed by atoms with E-state index >= 15 is 0 Å². The molecule has 0 spiro atoms. The number of halogens is 1. The maximum atomic E-state index is 13.3. The van der Waals surface area contributed by atoms with Crippen LogP contribution >= 0.6 is 11.3 Å². The van der Waals surface area contributed by atoms with E-state index in [0.29, 0.717) is 10.2 Å². The molecule has 0 atom stereocenters. The maximum Gasteiger partial charge on any atom is 0.265 e. The number of nitrogens with one attached hydrogen (secondary N) is 2. The number of thiophene rings is 1. The number of pyridine rings is 1. The van der Waals surface area contributed by atoms with Crippen molar-refractivity contribution < 1.29 is 14.3 Å². The summed E-state index contributed by atoms with van der Waals surface area (Å²) in [5.41, 5.74) is -0.855. The molecule has 23 heavy (non-hydrogen) atoms. The minimum atomic E-state index is -0.852. The van der Waals surface area contributed by atoms with Crippen molar-refractivity contribution in [3.05, 3.63) is 56.9 Å². The van der Waals surface area contributed by atoms with E-state index in [4.69, 9.17) is 5.26 Å². The highest BCUT2D eigenvalue weighted by Gasteiger charge is 2.20. The third-order valence-corrected chi connectivity index (χ3v) is 4.09. The lowest BCUT2D eigenvalue weighted by Gasteiger charge is -2.07. The topological polar surface area (TPSA) is 106 Å². The molecule has 3 rings (SSSR count). The van der Waals surface area contributed by atoms with Crippen LogP contribution in [0.1, 0.15) is 15.9 Å². The second-order valence-corrected chi connectivity index (χ2v) is 5.52. The van der Waals surface area contributed by atoms with Gasteiger partial charge >= 0.3 is 0 Å². The molecule has 2 aromatic heterocycles. The minimum Gasteiger partial charge on any atom is -0.505 e. The number of aromatic amines is 1. The average Bonchev–Trinajstić information content (AvgIpc) is 2.97. The number of aromatic nitrogens is 1. The predicted octanol–water partition coefficient (Wildman–Crippen LogP) is 2.56. The summed E-state index contributed by atoms with van der Waals surface area (Å²) in [5.74, 6) is -1.99. The molecule has 6 nitrogen and oxygen atoms in total. The molecular weight excluding hydrogens is 321 g/mol. The molecule has 1 amide bonds. The highest BCUT2D eigenvalue weighted by atomic mass is 32.1. The SMILES string of the molecule is N#Cc1cc(NC(=O)c2c(O)c3sccc3[nH]c2=O)ccc1F. The number of benzene rings is 1. The molecule has 0 radical (unpaired) electrons. The number of aromatic hydroxyl groups is 1. The van der Waals surface area contributed by atoms with Crippen molar-refractivity contribution in [1.82, 2.24) is 4.98 Å². The zero-order valence-electron chi connectivity index (χ0n) is 11.4. The standard InChI is InChI=1S/C15H8FN3O3S/c16-9-2-1-8(5-7(9)6-17)18-14(21)11-12(20)13-10(3-4-23-13)19-15(11)22/h1-5H,(H,18,21)(H2,19,20,22). The minimum absolute atomic E-state index is 0.137. The van der Waals surface area contributed by atoms with E-state index in [1.165, 1.54) is 17.4 Å². The Morgan fingerprint density at radius 3 is 2.91 bits per heavy atom. The normalized spacial score (nSPS) is 10.4. The Bertz CT molecular complexity index is 1030. The molecule has 0 unspecified atom stereocenters. The van der Waals surface area contributed by atoms with Gasteiger partial charge in [-0.1, -0.05) is 0 Å². The summed E-state index contributed by atoms with van der Waals surface area (Å²) in [6.45, 7) is 0. The van der Waals surface area contributed by atoms with E-state index in [2.05, 4.69) is 10.3 Å². The van der Waals surface area contributed by atoms with Gasteiger partial charge < -0.3 is 15.4 Å². The van der Waals surface area contributed by atoms with Gasteiger partial charge in [-0.05, 0) is 29.6 Å². The number of carbonyl (C=O) groups is 1. The van der Waals surface area contributed by atoms with Crippen molar-refractivity contribution in [3.8, 4) is 11.8 Å². The number of amides is 1. The van der Waals surface area contributed by atoms with Crippen LogP contribution in [0.25, 0.3) is 10.2 Å². The van der Waals surface area contributed by atoms with Crippen molar-refractivity contribution in [2.45, 2.75) is 0 Å². The number of anilines is 1. The Morgan fingerprint density at radius 1 is 1.39 bits per heavy atom. The van der Waals surface area contributed by atoms with Gasteiger partial charge in [0.2, 0.25) is 0 Å². The molecule has 0 aliphatic heterocycles. The van der Waals surface area contributed by atoms with Gasteiger partial charge in [-0.2, -0.15) is 5.26 Å². The molecule has 2 heterocycles. The Kier molecular flexibility index (Phi) is 3.56. The van der Waals surface area contributed by atoms with Gasteiger partial charge in [-0.3, -0.25) is 9.59 Å². The number of rotatable bonds is 2. The van der Waals surface area contributed by atoms with Crippen molar-refractivity contribution in [3.63, 3.8) is 0 Å². The molecule has 3 aromatic rings. The van der Waals surface area contributed by atoms with Crippen LogP contribution in [0.4, 0.5) is 10.1 Å². The van der Waals surface area contributed by atoms with Crippen LogP contribution in [0, 0.1) is 17.1 Å². The Morgan fingerprint density at radius 2 is 2.17 bits per heavy atom. The number of nitrogens with zero attached hydrogens (tertiary/aromatic N) is 1. The van der Waals surface area contributed by atoms with E-state index in [9.17, 15) is 19.1 Å². The van der Waals surface area contributed by atoms with Crippen LogP contribution in [0.15, 0.2) is 34.4 Å². The first-order valence-corrected chi connectivity index (χ1v) is 7.22. The van der Waals surface area contributed by atoms with Gasteiger partial charge in [0, 0.05) is 5.69 Å². The van der Waals surface area contributed by atoms with E-state index in [0.717, 1.165) is 12.1 Å². The van der Waals surface area contributed by atoms with Crippen LogP contribution in [0.3, 0.4) is 0 Å². The van der Waals surface area contributed by atoms with Crippen LogP contribution in [0.5, 0.6) is 5.75 Å². The number of fused-ring (bicyclic) bond motifs is 1. The lowest BCUT2D eigenvalue weighted by molar-refractivity contribution is 0.102. The fourth-order valence-electron chi connectivity index (χ4n) is 2.09. The molecular formula is C15H8FN3O3S. The molecule has 1 aromatic carbocycles. The van der Waals surface area contributed by atoms with Gasteiger partial charge in [0.05, 0.1) is 15.8 Å². The number of H-pyrrole nitrogens is 1. The summed E-state index contributed by atoms with van der Waals surface area (Å²) >= 11 is 1.18. The van der Waals surface area contributed by atoms with Crippen molar-refractivity contribution in [2.75, 3.05) is 5.32 Å². The quantitative estimate of drug-likeness (QED) is 0.672. The van der Waals surface area contributed by atoms with E-state index in [1.54, 1.807) is 17.5 Å². The lowest BCUT2D eigenvalue weighted by Crippen LogP contribution is -2.23. The highest BCUT2D eigenvalue weighted by Crippen LogP contribution is 2.29. The molecule has 0 aliphatic rings. The Balaban J connectivity index is 2.01. The van der Waals surface area contributed by atoms with E-state index in [-0.39, 0.29) is 11.3 Å². The molecule has 3 N–H and O–H groups in total. The Labute approximate surface area is 132 Å². The summed E-state index contributed by atoms with van der Waals surface area (Å²) in [4.78, 5) is 26.7. The third-order valence-electron chi connectivity index (χ3n) is 3.16. The third kappa shape index (κ3) is 2.54. The summed E-state index contributed by atoms with van der Waals surface area (Å²) in [7, 11) is 0. The molecule has 0 bridgehead atoms. The number of hydrogen-bond acceptors (Lipinski definition) is 5. The molecule has 0 aliphatic carbocycles. The van der Waals surface area contributed by atoms with Gasteiger partial charge in [0.1, 0.15) is 17.4 Å². The van der Waals surface area contributed by atoms with Gasteiger partial charge in [0.25, 0.3) is 11.5 Å². The number of carbonyl (C=O) groups excluding carboxylic acids is 1. The summed E-state index contributed by atoms with van der Waals surface area (Å²) < 4.78 is 13.6. The smallest absolute Gasteiger partial charge is 0.265 e. The first-order chi connectivity index (χ1) is 11.0. The van der Waals surface area contributed by atoms with Crippen LogP contribution in [-0.2, 0) is 0 Å². The maximum absolute atomic E-state index is 13.3. The Hall–Kier alpha value is -3.18. The summed E-state index contributed by atoms with van der Waals surface area (Å²) in [6.07, 6.45) is 0. The molecule has 114 valence electrons.